The number of benzene rings is 1. The Bertz CT molecular complexity index is 376. The number of aromatic hydroxyl groups is 1. The molecule has 0 heterocycles. The van der Waals surface area contributed by atoms with Gasteiger partial charge >= 0.3 is 0 Å². The van der Waals surface area contributed by atoms with Crippen LogP contribution in [0.2, 0.25) is 5.02 Å². The summed E-state index contributed by atoms with van der Waals surface area (Å²) in [6.07, 6.45) is -0.475. The summed E-state index contributed by atoms with van der Waals surface area (Å²) >= 11 is 5.71. The summed E-state index contributed by atoms with van der Waals surface area (Å²) in [5.41, 5.74) is 3.59. The first-order valence-electron chi connectivity index (χ1n) is 4.03. The Kier molecular flexibility index (Phi) is 1.78. The Balaban J connectivity index is 2.54. The molecule has 5 heteroatoms. The van der Waals surface area contributed by atoms with Gasteiger partial charge in [-0.05, 0) is 12.1 Å². The summed E-state index contributed by atoms with van der Waals surface area (Å²) < 4.78 is 25.9. The number of phenolic OH excluding ortho intramolecular Hbond substituents is 1. The van der Waals surface area contributed by atoms with E-state index in [1.807, 2.05) is 0 Å². The summed E-state index contributed by atoms with van der Waals surface area (Å²) in [6.45, 7) is 0. The van der Waals surface area contributed by atoms with Crippen LogP contribution in [0.25, 0.3) is 0 Å². The third kappa shape index (κ3) is 1.11. The lowest BCUT2D eigenvalue weighted by Crippen LogP contribution is -2.27. The van der Waals surface area contributed by atoms with Crippen LogP contribution in [0.3, 0.4) is 0 Å². The molecule has 0 radical (unpaired) electrons. The predicted molar refractivity (Wildman–Crippen MR) is 48.5 cm³/mol. The van der Waals surface area contributed by atoms with E-state index in [1.54, 1.807) is 0 Å². The second-order valence-corrected chi connectivity index (χ2v) is 3.89. The van der Waals surface area contributed by atoms with Crippen LogP contribution >= 0.6 is 11.6 Å². The number of hydrogen-bond donors (Lipinski definition) is 2. The van der Waals surface area contributed by atoms with E-state index in [-0.39, 0.29) is 16.3 Å². The highest BCUT2D eigenvalue weighted by Gasteiger charge is 2.71. The molecule has 1 saturated carbocycles. The van der Waals surface area contributed by atoms with Crippen molar-refractivity contribution in [1.82, 2.24) is 0 Å². The minimum atomic E-state index is -2.98. The lowest BCUT2D eigenvalue weighted by molar-refractivity contribution is 0.0884. The van der Waals surface area contributed by atoms with Gasteiger partial charge < -0.3 is 10.8 Å². The number of rotatable bonds is 1. The smallest absolute Gasteiger partial charge is 0.272 e. The van der Waals surface area contributed by atoms with Crippen molar-refractivity contribution in [3.05, 3.63) is 28.8 Å². The molecule has 0 spiro atoms. The van der Waals surface area contributed by atoms with E-state index in [0.717, 1.165) is 0 Å². The van der Waals surface area contributed by atoms with Crippen molar-refractivity contribution in [3.8, 4) is 5.75 Å². The van der Waals surface area contributed by atoms with Crippen LogP contribution in [0, 0.1) is 0 Å². The molecule has 1 aliphatic rings. The average molecular weight is 220 g/mol. The average Bonchev–Trinajstić information content (AvgIpc) is 2.50. The van der Waals surface area contributed by atoms with Crippen molar-refractivity contribution in [3.63, 3.8) is 0 Å². The summed E-state index contributed by atoms with van der Waals surface area (Å²) in [7, 11) is 0. The Labute approximate surface area is 84.3 Å². The first kappa shape index (κ1) is 9.68. The molecule has 0 amide bonds. The summed E-state index contributed by atoms with van der Waals surface area (Å²) in [4.78, 5) is 0. The van der Waals surface area contributed by atoms with Gasteiger partial charge in [0.1, 0.15) is 11.3 Å². The highest BCUT2D eigenvalue weighted by molar-refractivity contribution is 6.31. The topological polar surface area (TPSA) is 46.2 Å². The molecule has 2 rings (SSSR count). The van der Waals surface area contributed by atoms with Crippen LogP contribution in [-0.2, 0) is 5.54 Å². The van der Waals surface area contributed by atoms with Crippen molar-refractivity contribution in [2.75, 3.05) is 0 Å². The van der Waals surface area contributed by atoms with Gasteiger partial charge in [-0.15, -0.1) is 0 Å². The summed E-state index contributed by atoms with van der Waals surface area (Å²) in [6, 6.07) is 4.20. The van der Waals surface area contributed by atoms with Crippen LogP contribution in [0.4, 0.5) is 8.78 Å². The van der Waals surface area contributed by atoms with Crippen molar-refractivity contribution in [2.24, 2.45) is 5.73 Å². The van der Waals surface area contributed by atoms with Crippen LogP contribution in [-0.4, -0.2) is 11.0 Å². The molecule has 1 aliphatic carbocycles. The zero-order chi connectivity index (χ0) is 10.6. The zero-order valence-electron chi connectivity index (χ0n) is 7.10. The molecule has 1 unspecified atom stereocenters. The fourth-order valence-corrected chi connectivity index (χ4v) is 1.87. The molecule has 0 bridgehead atoms. The normalized spacial score (nSPS) is 28.9. The van der Waals surface area contributed by atoms with E-state index in [0.29, 0.717) is 0 Å². The maximum atomic E-state index is 12.9. The third-order valence-corrected chi connectivity index (χ3v) is 2.78. The van der Waals surface area contributed by atoms with Crippen LogP contribution in [0.5, 0.6) is 5.75 Å². The predicted octanol–water partition coefficient (Wildman–Crippen LogP) is 2.24. The summed E-state index contributed by atoms with van der Waals surface area (Å²) in [5, 5.41) is 9.48. The van der Waals surface area contributed by atoms with E-state index < -0.39 is 17.9 Å². The van der Waals surface area contributed by atoms with Crippen LogP contribution in [0.15, 0.2) is 18.2 Å². The minimum absolute atomic E-state index is 0.0633. The Morgan fingerprint density at radius 1 is 1.43 bits per heavy atom. The standard InChI is InChI=1S/C9H8ClF2NO/c10-5-2-1-3-6(14)7(5)8(13)4-9(8,11)12/h1-3,14H,4,13H2. The number of alkyl halides is 2. The van der Waals surface area contributed by atoms with Crippen molar-refractivity contribution >= 4 is 11.6 Å². The number of phenols is 1. The molecule has 0 aromatic heterocycles. The highest BCUT2D eigenvalue weighted by Crippen LogP contribution is 2.60. The van der Waals surface area contributed by atoms with Crippen LogP contribution < -0.4 is 5.73 Å². The molecular weight excluding hydrogens is 212 g/mol. The zero-order valence-corrected chi connectivity index (χ0v) is 7.85. The molecule has 0 saturated heterocycles. The van der Waals surface area contributed by atoms with Gasteiger partial charge in [-0.1, -0.05) is 17.7 Å². The van der Waals surface area contributed by atoms with Gasteiger partial charge in [0, 0.05) is 17.0 Å². The highest BCUT2D eigenvalue weighted by atomic mass is 35.5. The molecule has 1 fully saturated rings. The number of nitrogens with two attached hydrogens (primary N) is 1. The van der Waals surface area contributed by atoms with Crippen molar-refractivity contribution in [2.45, 2.75) is 17.9 Å². The fourth-order valence-electron chi connectivity index (χ4n) is 1.53. The summed E-state index contributed by atoms with van der Waals surface area (Å²) in [5.74, 6) is -3.26. The van der Waals surface area contributed by atoms with Gasteiger partial charge in [0.2, 0.25) is 0 Å². The lowest BCUT2D eigenvalue weighted by atomic mass is 10.0. The lowest BCUT2D eigenvalue weighted by Gasteiger charge is -2.14. The molecule has 1 aromatic rings. The SMILES string of the molecule is NC1(c2c(O)cccc2Cl)CC1(F)F. The molecule has 2 nitrogen and oxygen atoms in total. The second-order valence-electron chi connectivity index (χ2n) is 3.49. The Hall–Kier alpha value is -0.870. The molecule has 0 aliphatic heterocycles. The van der Waals surface area contributed by atoms with Gasteiger partial charge in [-0.3, -0.25) is 0 Å². The van der Waals surface area contributed by atoms with E-state index in [1.165, 1.54) is 18.2 Å². The third-order valence-electron chi connectivity index (χ3n) is 2.47. The maximum absolute atomic E-state index is 12.9. The number of halogens is 3. The van der Waals surface area contributed by atoms with E-state index in [2.05, 4.69) is 0 Å². The van der Waals surface area contributed by atoms with Crippen LogP contribution in [0.1, 0.15) is 12.0 Å². The van der Waals surface area contributed by atoms with Gasteiger partial charge in [0.05, 0.1) is 0 Å². The van der Waals surface area contributed by atoms with E-state index in [9.17, 15) is 13.9 Å². The molecule has 1 atom stereocenters. The maximum Gasteiger partial charge on any atom is 0.272 e. The van der Waals surface area contributed by atoms with E-state index in [4.69, 9.17) is 17.3 Å². The quantitative estimate of drug-likeness (QED) is 0.761. The van der Waals surface area contributed by atoms with Gasteiger partial charge in [-0.2, -0.15) is 0 Å². The van der Waals surface area contributed by atoms with Gasteiger partial charge in [0.15, 0.2) is 0 Å². The van der Waals surface area contributed by atoms with Gasteiger partial charge in [0.25, 0.3) is 5.92 Å². The Morgan fingerprint density at radius 3 is 2.43 bits per heavy atom. The largest absolute Gasteiger partial charge is 0.508 e. The molecule has 76 valence electrons. The molecule has 3 N–H and O–H groups in total. The van der Waals surface area contributed by atoms with Crippen molar-refractivity contribution in [1.29, 1.82) is 0 Å². The first-order valence-corrected chi connectivity index (χ1v) is 4.41. The van der Waals surface area contributed by atoms with Gasteiger partial charge in [-0.25, -0.2) is 8.78 Å². The first-order chi connectivity index (χ1) is 6.38. The van der Waals surface area contributed by atoms with Crippen molar-refractivity contribution < 1.29 is 13.9 Å². The monoisotopic (exact) mass is 219 g/mol. The molecule has 14 heavy (non-hydrogen) atoms. The molecule has 1 aromatic carbocycles. The second kappa shape index (κ2) is 2.58. The Morgan fingerprint density at radius 2 is 2.00 bits per heavy atom. The number of hydrogen-bond acceptors (Lipinski definition) is 2. The van der Waals surface area contributed by atoms with E-state index >= 15 is 0 Å². The molecular formula is C9H8ClF2NO. The fraction of sp³-hybridized carbons (Fsp3) is 0.333. The minimum Gasteiger partial charge on any atom is -0.508 e.